The van der Waals surface area contributed by atoms with E-state index < -0.39 is 52.6 Å². The highest BCUT2D eigenvalue weighted by atomic mass is 35.5. The number of nitrogens with one attached hydrogen (secondary N) is 4. The van der Waals surface area contributed by atoms with Gasteiger partial charge in [0.15, 0.2) is 0 Å². The molecule has 2 aliphatic heterocycles. The molecule has 2 heterocycles. The van der Waals surface area contributed by atoms with Crippen LogP contribution in [-0.2, 0) is 28.8 Å². The Morgan fingerprint density at radius 2 is 1.70 bits per heavy atom. The fourth-order valence-corrected chi connectivity index (χ4v) is 7.90. The Hall–Kier alpha value is -3.44. The van der Waals surface area contributed by atoms with Gasteiger partial charge >= 0.3 is 0 Å². The number of Topliss-reactive ketones (excluding diaryl/α,β-unsaturated/α-hetero) is 1. The molecule has 1 unspecified atom stereocenters. The lowest BCUT2D eigenvalue weighted by Gasteiger charge is -2.36. The monoisotopic (exact) mass is 709 g/mol. The summed E-state index contributed by atoms with van der Waals surface area (Å²) in [5.74, 6) is -1.90. The number of halogens is 1. The van der Waals surface area contributed by atoms with Crippen molar-refractivity contribution in [2.45, 2.75) is 134 Å². The van der Waals surface area contributed by atoms with Crippen LogP contribution in [0.3, 0.4) is 0 Å². The van der Waals surface area contributed by atoms with Crippen LogP contribution in [0, 0.1) is 17.3 Å². The topological polar surface area (TPSA) is 146 Å². The molecule has 3 saturated carbocycles. The largest absolute Gasteiger partial charge is 0.347 e. The van der Waals surface area contributed by atoms with Gasteiger partial charge in [-0.15, -0.1) is 0 Å². The summed E-state index contributed by atoms with van der Waals surface area (Å²) in [5.41, 5.74) is 2.69. The maximum Gasteiger partial charge on any atom is 0.289 e. The Bertz CT molecular complexity index is 1510. The van der Waals surface area contributed by atoms with Crippen molar-refractivity contribution in [3.8, 4) is 0 Å². The first-order valence-electron chi connectivity index (χ1n) is 18.5. The summed E-state index contributed by atoms with van der Waals surface area (Å²) < 4.78 is 0. The van der Waals surface area contributed by atoms with Gasteiger partial charge in [-0.3, -0.25) is 34.3 Å². The number of benzene rings is 1. The second kappa shape index (κ2) is 15.0. The third kappa shape index (κ3) is 8.70. The molecular formula is C38H52ClN5O6. The second-order valence-electron chi connectivity index (χ2n) is 16.3. The summed E-state index contributed by atoms with van der Waals surface area (Å²) in [6.45, 7) is 5.73. The molecule has 1 saturated heterocycles. The quantitative estimate of drug-likeness (QED) is 0.233. The zero-order chi connectivity index (χ0) is 35.6. The predicted octanol–water partition coefficient (Wildman–Crippen LogP) is 4.58. The second-order valence-corrected chi connectivity index (χ2v) is 16.7. The van der Waals surface area contributed by atoms with E-state index >= 15 is 0 Å². The molecule has 4 amide bonds. The summed E-state index contributed by atoms with van der Waals surface area (Å²) in [6.07, 6.45) is 12.7. The van der Waals surface area contributed by atoms with Crippen molar-refractivity contribution in [3.05, 3.63) is 40.9 Å². The molecule has 6 rings (SSSR count). The van der Waals surface area contributed by atoms with Crippen LogP contribution in [-0.4, -0.2) is 70.6 Å². The molecule has 4 fully saturated rings. The van der Waals surface area contributed by atoms with E-state index in [-0.39, 0.29) is 30.8 Å². The van der Waals surface area contributed by atoms with Gasteiger partial charge in [-0.25, -0.2) is 0 Å². The Labute approximate surface area is 300 Å². The summed E-state index contributed by atoms with van der Waals surface area (Å²) in [5, 5.41) is 9.26. The van der Waals surface area contributed by atoms with E-state index in [0.717, 1.165) is 63.4 Å². The normalized spacial score (nSPS) is 25.2. The number of carbonyl (C=O) groups is 5. The van der Waals surface area contributed by atoms with Crippen LogP contribution in [0.1, 0.15) is 110 Å². The fraction of sp³-hybridized carbons (Fsp3) is 0.658. The minimum absolute atomic E-state index is 0.00413. The third-order valence-electron chi connectivity index (χ3n) is 11.0. The minimum atomic E-state index is -1.07. The van der Waals surface area contributed by atoms with E-state index in [1.54, 1.807) is 12.1 Å². The van der Waals surface area contributed by atoms with Crippen molar-refractivity contribution in [1.82, 2.24) is 26.3 Å². The third-order valence-corrected chi connectivity index (χ3v) is 11.3. The molecule has 3 aliphatic carbocycles. The molecule has 4 N–H and O–H groups in total. The van der Waals surface area contributed by atoms with E-state index in [1.807, 2.05) is 39.0 Å². The molecule has 1 spiro atoms. The molecular weight excluding hydrogens is 658 g/mol. The first-order valence-corrected chi connectivity index (χ1v) is 18.9. The van der Waals surface area contributed by atoms with Crippen LogP contribution < -0.4 is 21.4 Å². The SMILES string of the molecule is CC(C)(C)[C@H](NC(=O)CC1CCCCC1)C(=O)N1C[C@@]2(C=C(c3cccc(Cl)c3)NO2)C[C@H]1C(=O)NC(CC1CCC1)C(=O)C(=O)NC1CC1. The molecule has 0 aromatic heterocycles. The minimum Gasteiger partial charge on any atom is -0.347 e. The number of hydrogen-bond donors (Lipinski definition) is 4. The number of hydroxylamine groups is 1. The molecule has 12 heteroatoms. The van der Waals surface area contributed by atoms with Gasteiger partial charge in [-0.2, -0.15) is 0 Å². The van der Waals surface area contributed by atoms with Gasteiger partial charge in [0.05, 0.1) is 18.3 Å². The van der Waals surface area contributed by atoms with Crippen LogP contribution in [0.15, 0.2) is 30.3 Å². The first kappa shape index (κ1) is 36.4. The van der Waals surface area contributed by atoms with Gasteiger partial charge in [-0.1, -0.05) is 83.0 Å². The fourth-order valence-electron chi connectivity index (χ4n) is 7.71. The van der Waals surface area contributed by atoms with Crippen molar-refractivity contribution >= 4 is 46.7 Å². The molecule has 4 atom stereocenters. The van der Waals surface area contributed by atoms with Gasteiger partial charge < -0.3 is 20.9 Å². The van der Waals surface area contributed by atoms with Crippen molar-refractivity contribution in [1.29, 1.82) is 0 Å². The van der Waals surface area contributed by atoms with Crippen molar-refractivity contribution in [2.24, 2.45) is 17.3 Å². The lowest BCUT2D eigenvalue weighted by atomic mass is 9.80. The summed E-state index contributed by atoms with van der Waals surface area (Å²) in [6, 6.07) is 4.35. The lowest BCUT2D eigenvalue weighted by molar-refractivity contribution is -0.145. The average Bonchev–Trinajstić information content (AvgIpc) is 3.65. The lowest BCUT2D eigenvalue weighted by Crippen LogP contribution is -2.59. The number of ketones is 1. The highest BCUT2D eigenvalue weighted by molar-refractivity contribution is 6.38. The highest BCUT2D eigenvalue weighted by Gasteiger charge is 2.54. The number of amides is 4. The summed E-state index contributed by atoms with van der Waals surface area (Å²) in [7, 11) is 0. The molecule has 1 aromatic rings. The zero-order valence-corrected chi connectivity index (χ0v) is 30.3. The molecule has 11 nitrogen and oxygen atoms in total. The average molecular weight is 710 g/mol. The van der Waals surface area contributed by atoms with Crippen LogP contribution in [0.5, 0.6) is 0 Å². The van der Waals surface area contributed by atoms with E-state index in [4.69, 9.17) is 16.4 Å². The van der Waals surface area contributed by atoms with Crippen LogP contribution in [0.2, 0.25) is 5.02 Å². The van der Waals surface area contributed by atoms with Crippen LogP contribution in [0.25, 0.3) is 5.70 Å². The number of rotatable bonds is 12. The predicted molar refractivity (Wildman–Crippen MR) is 189 cm³/mol. The van der Waals surface area contributed by atoms with Crippen LogP contribution >= 0.6 is 11.6 Å². The van der Waals surface area contributed by atoms with Gasteiger partial charge in [0.25, 0.3) is 5.91 Å². The molecule has 272 valence electrons. The number of carbonyl (C=O) groups excluding carboxylic acids is 5. The summed E-state index contributed by atoms with van der Waals surface area (Å²) in [4.78, 5) is 76.3. The highest BCUT2D eigenvalue weighted by Crippen LogP contribution is 2.39. The number of likely N-dealkylation sites (tertiary alicyclic amines) is 1. The zero-order valence-electron chi connectivity index (χ0n) is 29.5. The van der Waals surface area contributed by atoms with Gasteiger partial charge in [0.1, 0.15) is 17.7 Å². The van der Waals surface area contributed by atoms with Crippen molar-refractivity contribution in [2.75, 3.05) is 6.54 Å². The van der Waals surface area contributed by atoms with Crippen LogP contribution in [0.4, 0.5) is 0 Å². The Balaban J connectivity index is 1.26. The van der Waals surface area contributed by atoms with Gasteiger partial charge in [-0.05, 0) is 67.6 Å². The van der Waals surface area contributed by atoms with E-state index in [1.165, 1.54) is 11.3 Å². The Morgan fingerprint density at radius 3 is 2.34 bits per heavy atom. The molecule has 0 radical (unpaired) electrons. The van der Waals surface area contributed by atoms with Gasteiger partial charge in [0.2, 0.25) is 23.5 Å². The van der Waals surface area contributed by atoms with E-state index in [2.05, 4.69) is 21.4 Å². The van der Waals surface area contributed by atoms with Crippen molar-refractivity contribution < 1.29 is 28.8 Å². The molecule has 0 bridgehead atoms. The maximum atomic E-state index is 14.6. The Kier molecular flexibility index (Phi) is 10.9. The molecule has 1 aromatic carbocycles. The van der Waals surface area contributed by atoms with Crippen molar-refractivity contribution in [3.63, 3.8) is 0 Å². The maximum absolute atomic E-state index is 14.6. The summed E-state index contributed by atoms with van der Waals surface area (Å²) >= 11 is 6.27. The molecule has 50 heavy (non-hydrogen) atoms. The van der Waals surface area contributed by atoms with Gasteiger partial charge in [0, 0.05) is 29.5 Å². The van der Waals surface area contributed by atoms with E-state index in [9.17, 15) is 24.0 Å². The number of hydrogen-bond acceptors (Lipinski definition) is 7. The van der Waals surface area contributed by atoms with E-state index in [0.29, 0.717) is 29.5 Å². The standard InChI is InChI=1S/C38H52ClN5O6/c1-37(2,3)33(42-31(45)18-24-9-5-4-6-10-24)36(49)44-22-38(20-29(43-50-38)25-13-8-14-26(39)19-25)21-30(44)34(47)41-28(17-23-11-7-12-23)32(46)35(48)40-27-15-16-27/h8,13-14,19-20,23-24,27-28,30,33,43H,4-7,9-12,15-18,21-22H2,1-3H3,(H,40,48)(H,41,47)(H,42,45)/t28?,30-,33+,38+/m0/s1. The molecule has 5 aliphatic rings. The smallest absolute Gasteiger partial charge is 0.289 e. The first-order chi connectivity index (χ1) is 23.8. The number of nitrogens with zero attached hydrogens (tertiary/aromatic N) is 1. The Morgan fingerprint density at radius 1 is 0.980 bits per heavy atom.